The number of piperidine rings is 1. The summed E-state index contributed by atoms with van der Waals surface area (Å²) in [6, 6.07) is 16.4. The minimum absolute atomic E-state index is 0. The lowest BCUT2D eigenvalue weighted by atomic mass is 10.1. The average Bonchev–Trinajstić information content (AvgIpc) is 2.76. The van der Waals surface area contributed by atoms with Gasteiger partial charge in [-0.25, -0.2) is 8.42 Å². The Morgan fingerprint density at radius 1 is 0.844 bits per heavy atom. The highest BCUT2D eigenvalue weighted by molar-refractivity contribution is 14.0. The summed E-state index contributed by atoms with van der Waals surface area (Å²) in [5.41, 5.74) is 4.46. The minimum atomic E-state index is -3.01. The molecule has 176 valence electrons. The highest BCUT2D eigenvalue weighted by Gasteiger charge is 2.10. The zero-order valence-electron chi connectivity index (χ0n) is 19.0. The monoisotopic (exact) mass is 570 g/mol. The van der Waals surface area contributed by atoms with E-state index in [0.29, 0.717) is 13.1 Å². The first-order valence-corrected chi connectivity index (χ1v) is 13.0. The summed E-state index contributed by atoms with van der Waals surface area (Å²) in [5.74, 6) is 0.804. The largest absolute Gasteiger partial charge is 0.352 e. The van der Waals surface area contributed by atoms with E-state index < -0.39 is 9.84 Å². The molecule has 0 amide bonds. The Morgan fingerprint density at radius 2 is 1.31 bits per heavy atom. The molecule has 0 aliphatic carbocycles. The number of aliphatic imine (C=N–C) groups is 1. The molecule has 0 bridgehead atoms. The Labute approximate surface area is 209 Å². The minimum Gasteiger partial charge on any atom is -0.352 e. The average molecular weight is 571 g/mol. The molecule has 0 spiro atoms. The van der Waals surface area contributed by atoms with Gasteiger partial charge in [-0.3, -0.25) is 9.89 Å². The van der Waals surface area contributed by atoms with Gasteiger partial charge in [-0.2, -0.15) is 0 Å². The molecule has 0 atom stereocenters. The number of benzene rings is 2. The maximum atomic E-state index is 11.4. The number of rotatable bonds is 8. The fraction of sp³-hybridized carbons (Fsp3) is 0.458. The molecule has 2 aromatic carbocycles. The quantitative estimate of drug-likeness (QED) is 0.288. The van der Waals surface area contributed by atoms with Gasteiger partial charge in [-0.15, -0.1) is 24.0 Å². The van der Waals surface area contributed by atoms with Crippen LogP contribution in [0.3, 0.4) is 0 Å². The summed E-state index contributed by atoms with van der Waals surface area (Å²) in [6.07, 6.45) is 5.25. The predicted octanol–water partition coefficient (Wildman–Crippen LogP) is 3.70. The number of hydrogen-bond donors (Lipinski definition) is 2. The van der Waals surface area contributed by atoms with Gasteiger partial charge in [0.1, 0.15) is 0 Å². The molecular weight excluding hydrogens is 535 g/mol. The number of sulfone groups is 1. The maximum Gasteiger partial charge on any atom is 0.191 e. The highest BCUT2D eigenvalue weighted by Crippen LogP contribution is 2.13. The van der Waals surface area contributed by atoms with Crippen LogP contribution in [0, 0.1) is 0 Å². The summed E-state index contributed by atoms with van der Waals surface area (Å²) in [7, 11) is -1.25. The van der Waals surface area contributed by atoms with Gasteiger partial charge in [-0.1, -0.05) is 55.0 Å². The Balaban J connectivity index is 0.00000363. The Morgan fingerprint density at radius 3 is 1.78 bits per heavy atom. The van der Waals surface area contributed by atoms with Crippen molar-refractivity contribution in [2.24, 2.45) is 4.99 Å². The standard InChI is InChI=1S/C24H34N4O2S.HI/c1-25-24(27-17-21-8-12-23(13-9-21)19-31(2,29)30)26-16-20-6-10-22(11-7-20)18-28-14-4-3-5-15-28;/h6-13H,3-5,14-19H2,1-2H3,(H2,25,26,27);1H. The first-order valence-electron chi connectivity index (χ1n) is 10.9. The Bertz CT molecular complexity index is 954. The molecular formula is C24H35IN4O2S. The van der Waals surface area contributed by atoms with Gasteiger partial charge in [0.25, 0.3) is 0 Å². The first kappa shape index (κ1) is 26.6. The topological polar surface area (TPSA) is 73.8 Å². The van der Waals surface area contributed by atoms with Crippen LogP contribution in [0.25, 0.3) is 0 Å². The number of nitrogens with zero attached hydrogens (tertiary/aromatic N) is 2. The van der Waals surface area contributed by atoms with Gasteiger partial charge in [0.2, 0.25) is 0 Å². The second-order valence-corrected chi connectivity index (χ2v) is 10.5. The fourth-order valence-corrected chi connectivity index (χ4v) is 4.58. The van der Waals surface area contributed by atoms with Crippen LogP contribution < -0.4 is 10.6 Å². The molecule has 0 radical (unpaired) electrons. The van der Waals surface area contributed by atoms with E-state index in [1.807, 2.05) is 24.3 Å². The third kappa shape index (κ3) is 9.46. The summed E-state index contributed by atoms with van der Waals surface area (Å²) >= 11 is 0. The van der Waals surface area contributed by atoms with E-state index in [4.69, 9.17) is 0 Å². The molecule has 3 rings (SSSR count). The molecule has 0 aromatic heterocycles. The van der Waals surface area contributed by atoms with Gasteiger partial charge in [0.15, 0.2) is 15.8 Å². The van der Waals surface area contributed by atoms with Crippen LogP contribution in [0.4, 0.5) is 0 Å². The van der Waals surface area contributed by atoms with Crippen molar-refractivity contribution in [1.29, 1.82) is 0 Å². The number of likely N-dealkylation sites (tertiary alicyclic amines) is 1. The van der Waals surface area contributed by atoms with Crippen LogP contribution in [0.15, 0.2) is 53.5 Å². The molecule has 32 heavy (non-hydrogen) atoms. The van der Waals surface area contributed by atoms with Crippen molar-refractivity contribution in [1.82, 2.24) is 15.5 Å². The molecule has 2 N–H and O–H groups in total. The van der Waals surface area contributed by atoms with Crippen LogP contribution in [-0.4, -0.2) is 45.7 Å². The molecule has 0 saturated carbocycles. The zero-order valence-corrected chi connectivity index (χ0v) is 22.2. The molecule has 1 heterocycles. The van der Waals surface area contributed by atoms with Crippen molar-refractivity contribution < 1.29 is 8.42 Å². The van der Waals surface area contributed by atoms with Gasteiger partial charge in [0.05, 0.1) is 5.75 Å². The van der Waals surface area contributed by atoms with E-state index in [-0.39, 0.29) is 29.7 Å². The van der Waals surface area contributed by atoms with Crippen LogP contribution >= 0.6 is 24.0 Å². The lowest BCUT2D eigenvalue weighted by Gasteiger charge is -2.26. The molecule has 0 unspecified atom stereocenters. The van der Waals surface area contributed by atoms with E-state index >= 15 is 0 Å². The Kier molecular flexibility index (Phi) is 10.9. The number of hydrogen-bond acceptors (Lipinski definition) is 4. The van der Waals surface area contributed by atoms with Crippen molar-refractivity contribution in [3.05, 3.63) is 70.8 Å². The van der Waals surface area contributed by atoms with Gasteiger partial charge in [-0.05, 0) is 48.2 Å². The highest BCUT2D eigenvalue weighted by atomic mass is 127. The smallest absolute Gasteiger partial charge is 0.191 e. The maximum absolute atomic E-state index is 11.4. The molecule has 2 aromatic rings. The van der Waals surface area contributed by atoms with Crippen molar-refractivity contribution in [3.63, 3.8) is 0 Å². The number of nitrogens with one attached hydrogen (secondary N) is 2. The van der Waals surface area contributed by atoms with Crippen molar-refractivity contribution >= 4 is 39.8 Å². The van der Waals surface area contributed by atoms with E-state index in [2.05, 4.69) is 44.8 Å². The zero-order chi connectivity index (χ0) is 22.1. The van der Waals surface area contributed by atoms with Crippen LogP contribution in [0.2, 0.25) is 0 Å². The normalized spacial score (nSPS) is 15.1. The number of guanidine groups is 1. The Hall–Kier alpha value is -1.65. The summed E-state index contributed by atoms with van der Waals surface area (Å²) < 4.78 is 22.8. The van der Waals surface area contributed by atoms with Crippen LogP contribution in [0.5, 0.6) is 0 Å². The van der Waals surface area contributed by atoms with E-state index in [9.17, 15) is 8.42 Å². The van der Waals surface area contributed by atoms with Crippen molar-refractivity contribution in [2.45, 2.75) is 44.6 Å². The van der Waals surface area contributed by atoms with E-state index in [0.717, 1.165) is 23.6 Å². The van der Waals surface area contributed by atoms with E-state index in [1.165, 1.54) is 49.7 Å². The molecule has 1 fully saturated rings. The predicted molar refractivity (Wildman–Crippen MR) is 143 cm³/mol. The van der Waals surface area contributed by atoms with Crippen molar-refractivity contribution in [3.8, 4) is 0 Å². The lowest BCUT2D eigenvalue weighted by molar-refractivity contribution is 0.221. The SMILES string of the molecule is CN=C(NCc1ccc(CN2CCCCC2)cc1)NCc1ccc(CS(C)(=O)=O)cc1.I. The summed E-state index contributed by atoms with van der Waals surface area (Å²) in [4.78, 5) is 6.83. The summed E-state index contributed by atoms with van der Waals surface area (Å²) in [5, 5.41) is 6.65. The lowest BCUT2D eigenvalue weighted by Crippen LogP contribution is -2.36. The van der Waals surface area contributed by atoms with Gasteiger partial charge >= 0.3 is 0 Å². The fourth-order valence-electron chi connectivity index (χ4n) is 3.79. The van der Waals surface area contributed by atoms with Crippen LogP contribution in [0.1, 0.15) is 41.5 Å². The van der Waals surface area contributed by atoms with Crippen molar-refractivity contribution in [2.75, 3.05) is 26.4 Å². The van der Waals surface area contributed by atoms with Gasteiger partial charge in [0, 0.05) is 32.9 Å². The van der Waals surface area contributed by atoms with E-state index in [1.54, 1.807) is 7.05 Å². The molecule has 8 heteroatoms. The van der Waals surface area contributed by atoms with Crippen LogP contribution in [-0.2, 0) is 35.2 Å². The summed E-state index contributed by atoms with van der Waals surface area (Å²) in [6.45, 7) is 4.79. The molecule has 6 nitrogen and oxygen atoms in total. The number of halogens is 1. The second-order valence-electron chi connectivity index (χ2n) is 8.32. The third-order valence-electron chi connectivity index (χ3n) is 5.47. The second kappa shape index (κ2) is 13.2. The van der Waals surface area contributed by atoms with Gasteiger partial charge < -0.3 is 10.6 Å². The first-order chi connectivity index (χ1) is 14.9. The molecule has 1 saturated heterocycles. The molecule has 1 aliphatic heterocycles. The third-order valence-corrected chi connectivity index (χ3v) is 6.33. The molecule has 1 aliphatic rings.